The molecule has 0 aromatic heterocycles. The van der Waals surface area contributed by atoms with E-state index in [2.05, 4.69) is 0 Å². The Bertz CT molecular complexity index is 281. The predicted molar refractivity (Wildman–Crippen MR) is 58.3 cm³/mol. The van der Waals surface area contributed by atoms with E-state index in [4.69, 9.17) is 9.84 Å². The Morgan fingerprint density at radius 2 is 2.33 bits per heavy atom. The number of rotatable bonds is 4. The summed E-state index contributed by atoms with van der Waals surface area (Å²) in [5.74, 6) is -0.202. The molecule has 1 fully saturated rings. The smallest absolute Gasteiger partial charge is 0.312 e. The largest absolute Gasteiger partial charge is 0.459 e. The Morgan fingerprint density at radius 1 is 1.60 bits per heavy atom. The van der Waals surface area contributed by atoms with Crippen molar-refractivity contribution in [3.63, 3.8) is 0 Å². The van der Waals surface area contributed by atoms with Gasteiger partial charge in [-0.05, 0) is 20.3 Å². The lowest BCUT2D eigenvalue weighted by Crippen LogP contribution is -2.21. The van der Waals surface area contributed by atoms with Crippen molar-refractivity contribution in [1.29, 1.82) is 0 Å². The topological polar surface area (TPSA) is 46.5 Å². The molecule has 1 heterocycles. The van der Waals surface area contributed by atoms with E-state index < -0.39 is 5.41 Å². The van der Waals surface area contributed by atoms with Gasteiger partial charge in [-0.15, -0.1) is 0 Å². The molecule has 15 heavy (non-hydrogen) atoms. The molecule has 0 aromatic rings. The molecule has 0 saturated carbocycles. The summed E-state index contributed by atoms with van der Waals surface area (Å²) in [6.07, 6.45) is 8.67. The molecule has 0 radical (unpaired) electrons. The number of hydrogen-bond acceptors (Lipinski definition) is 3. The van der Waals surface area contributed by atoms with Crippen LogP contribution in [0.15, 0.2) is 24.3 Å². The summed E-state index contributed by atoms with van der Waals surface area (Å²) >= 11 is 0. The average Bonchev–Trinajstić information content (AvgIpc) is 2.51. The number of carbonyl (C=O) groups excluding carboxylic acids is 1. The third-order valence-electron chi connectivity index (χ3n) is 2.66. The van der Waals surface area contributed by atoms with Crippen molar-refractivity contribution in [2.45, 2.75) is 32.8 Å². The number of aliphatic hydroxyl groups is 1. The number of ether oxygens (including phenoxy) is 1. The van der Waals surface area contributed by atoms with Crippen LogP contribution in [0.1, 0.15) is 26.7 Å². The fourth-order valence-electron chi connectivity index (χ4n) is 1.71. The van der Waals surface area contributed by atoms with Crippen LogP contribution in [0, 0.1) is 5.41 Å². The molecule has 0 aliphatic carbocycles. The molecule has 3 nitrogen and oxygen atoms in total. The molecule has 3 heteroatoms. The highest BCUT2D eigenvalue weighted by Crippen LogP contribution is 2.36. The van der Waals surface area contributed by atoms with Crippen LogP contribution >= 0.6 is 0 Å². The standard InChI is InChI=1S/C12H18O3/c1-3-4-5-6-7-12(2)8-10(9-13)15-11(12)14/h3-6,10,13H,7-9H2,1-2H3/b4-3+,6-5+/t10-,12-/m0/s1. The van der Waals surface area contributed by atoms with Crippen molar-refractivity contribution < 1.29 is 14.6 Å². The number of allylic oxidation sites excluding steroid dienone is 4. The molecule has 1 aliphatic rings. The summed E-state index contributed by atoms with van der Waals surface area (Å²) in [6, 6.07) is 0. The van der Waals surface area contributed by atoms with Crippen molar-refractivity contribution in [2.24, 2.45) is 5.41 Å². The zero-order chi connectivity index (χ0) is 11.3. The van der Waals surface area contributed by atoms with E-state index >= 15 is 0 Å². The van der Waals surface area contributed by atoms with E-state index in [1.807, 2.05) is 38.2 Å². The molecule has 84 valence electrons. The van der Waals surface area contributed by atoms with Gasteiger partial charge in [0, 0.05) is 6.42 Å². The number of cyclic esters (lactones) is 1. The highest BCUT2D eigenvalue weighted by molar-refractivity contribution is 5.78. The SMILES string of the molecule is C/C=C/C=C/C[C@@]1(C)C[C@@H](CO)OC1=O. The highest BCUT2D eigenvalue weighted by Gasteiger charge is 2.43. The first-order chi connectivity index (χ1) is 7.12. The summed E-state index contributed by atoms with van der Waals surface area (Å²) in [7, 11) is 0. The van der Waals surface area contributed by atoms with E-state index in [1.165, 1.54) is 0 Å². The maximum atomic E-state index is 11.5. The van der Waals surface area contributed by atoms with E-state index in [1.54, 1.807) is 0 Å². The molecule has 1 N–H and O–H groups in total. The van der Waals surface area contributed by atoms with Gasteiger partial charge in [-0.25, -0.2) is 0 Å². The Kier molecular flexibility index (Phi) is 4.09. The van der Waals surface area contributed by atoms with Crippen LogP contribution < -0.4 is 0 Å². The van der Waals surface area contributed by atoms with Crippen molar-refractivity contribution in [1.82, 2.24) is 0 Å². The summed E-state index contributed by atoms with van der Waals surface area (Å²) in [4.78, 5) is 11.5. The number of aliphatic hydroxyl groups excluding tert-OH is 1. The lowest BCUT2D eigenvalue weighted by molar-refractivity contribution is -0.149. The maximum absolute atomic E-state index is 11.5. The van der Waals surface area contributed by atoms with Gasteiger partial charge in [0.1, 0.15) is 6.10 Å². The van der Waals surface area contributed by atoms with Gasteiger partial charge >= 0.3 is 5.97 Å². The lowest BCUT2D eigenvalue weighted by Gasteiger charge is -2.15. The molecule has 0 bridgehead atoms. The van der Waals surface area contributed by atoms with Gasteiger partial charge in [0.05, 0.1) is 12.0 Å². The Morgan fingerprint density at radius 3 is 2.87 bits per heavy atom. The maximum Gasteiger partial charge on any atom is 0.312 e. The second-order valence-corrected chi connectivity index (χ2v) is 4.13. The highest BCUT2D eigenvalue weighted by atomic mass is 16.6. The number of hydrogen-bond donors (Lipinski definition) is 1. The molecule has 0 unspecified atom stereocenters. The molecule has 0 aromatic carbocycles. The molecular formula is C12H18O3. The first-order valence-corrected chi connectivity index (χ1v) is 5.22. The van der Waals surface area contributed by atoms with E-state index in [9.17, 15) is 4.79 Å². The van der Waals surface area contributed by atoms with E-state index in [-0.39, 0.29) is 18.7 Å². The molecule has 0 amide bonds. The predicted octanol–water partition coefficient (Wildman–Crippen LogP) is 1.82. The van der Waals surface area contributed by atoms with Crippen LogP contribution in [-0.2, 0) is 9.53 Å². The summed E-state index contributed by atoms with van der Waals surface area (Å²) in [5, 5.41) is 8.92. The van der Waals surface area contributed by atoms with E-state index in [0.29, 0.717) is 12.8 Å². The average molecular weight is 210 g/mol. The van der Waals surface area contributed by atoms with Gasteiger partial charge in [0.2, 0.25) is 0 Å². The van der Waals surface area contributed by atoms with Gasteiger partial charge in [-0.3, -0.25) is 4.79 Å². The second kappa shape index (κ2) is 5.12. The van der Waals surface area contributed by atoms with Gasteiger partial charge in [0.25, 0.3) is 0 Å². The van der Waals surface area contributed by atoms with Crippen LogP contribution in [0.25, 0.3) is 0 Å². The zero-order valence-corrected chi connectivity index (χ0v) is 9.27. The Labute approximate surface area is 90.4 Å². The van der Waals surface area contributed by atoms with Gasteiger partial charge in [0.15, 0.2) is 0 Å². The first-order valence-electron chi connectivity index (χ1n) is 5.22. The van der Waals surface area contributed by atoms with Crippen LogP contribution in [-0.4, -0.2) is 23.8 Å². The quantitative estimate of drug-likeness (QED) is 0.568. The van der Waals surface area contributed by atoms with Crippen LogP contribution in [0.4, 0.5) is 0 Å². The summed E-state index contributed by atoms with van der Waals surface area (Å²) in [6.45, 7) is 3.74. The van der Waals surface area contributed by atoms with E-state index in [0.717, 1.165) is 0 Å². The fraction of sp³-hybridized carbons (Fsp3) is 0.583. The van der Waals surface area contributed by atoms with Crippen LogP contribution in [0.5, 0.6) is 0 Å². The minimum Gasteiger partial charge on any atom is -0.459 e. The molecule has 0 spiro atoms. The van der Waals surface area contributed by atoms with Gasteiger partial charge in [-0.2, -0.15) is 0 Å². The Balaban J connectivity index is 2.55. The summed E-state index contributed by atoms with van der Waals surface area (Å²) < 4.78 is 5.04. The fourth-order valence-corrected chi connectivity index (χ4v) is 1.71. The minimum absolute atomic E-state index is 0.0834. The molecule has 2 atom stereocenters. The van der Waals surface area contributed by atoms with Crippen molar-refractivity contribution in [3.8, 4) is 0 Å². The second-order valence-electron chi connectivity index (χ2n) is 4.13. The van der Waals surface area contributed by atoms with Crippen LogP contribution in [0.3, 0.4) is 0 Å². The molecule has 1 saturated heterocycles. The minimum atomic E-state index is -0.467. The zero-order valence-electron chi connectivity index (χ0n) is 9.27. The number of esters is 1. The lowest BCUT2D eigenvalue weighted by atomic mass is 9.83. The Hall–Kier alpha value is -1.09. The van der Waals surface area contributed by atoms with Gasteiger partial charge < -0.3 is 9.84 Å². The third kappa shape index (κ3) is 2.93. The number of carbonyl (C=O) groups is 1. The third-order valence-corrected chi connectivity index (χ3v) is 2.66. The monoisotopic (exact) mass is 210 g/mol. The molecular weight excluding hydrogens is 192 g/mol. The first kappa shape index (κ1) is 12.0. The van der Waals surface area contributed by atoms with Crippen molar-refractivity contribution >= 4 is 5.97 Å². The van der Waals surface area contributed by atoms with Crippen LogP contribution in [0.2, 0.25) is 0 Å². The summed E-state index contributed by atoms with van der Waals surface area (Å²) in [5.41, 5.74) is -0.467. The molecule has 1 rings (SSSR count). The van der Waals surface area contributed by atoms with Crippen molar-refractivity contribution in [2.75, 3.05) is 6.61 Å². The van der Waals surface area contributed by atoms with Gasteiger partial charge in [-0.1, -0.05) is 24.3 Å². The molecule has 1 aliphatic heterocycles. The normalized spacial score (nSPS) is 31.7. The van der Waals surface area contributed by atoms with Crippen molar-refractivity contribution in [3.05, 3.63) is 24.3 Å².